The fourth-order valence-corrected chi connectivity index (χ4v) is 3.38. The predicted molar refractivity (Wildman–Crippen MR) is 135 cm³/mol. The molecule has 2 aromatic carbocycles. The van der Waals surface area contributed by atoms with E-state index in [9.17, 15) is 18.0 Å². The molecule has 0 amide bonds. The van der Waals surface area contributed by atoms with Crippen LogP contribution in [0.4, 0.5) is 13.2 Å². The van der Waals surface area contributed by atoms with Crippen LogP contribution in [0.15, 0.2) is 69.9 Å². The molecule has 0 radical (unpaired) electrons. The lowest BCUT2D eigenvalue weighted by Gasteiger charge is -2.10. The number of aliphatic hydroxyl groups is 1. The molecule has 196 valence electrons. The van der Waals surface area contributed by atoms with Crippen LogP contribution in [0.25, 0.3) is 11.4 Å². The van der Waals surface area contributed by atoms with Crippen LogP contribution in [0.2, 0.25) is 0 Å². The minimum atomic E-state index is -4.75. The van der Waals surface area contributed by atoms with Gasteiger partial charge in [0.1, 0.15) is 11.4 Å². The lowest BCUT2D eigenvalue weighted by Crippen LogP contribution is -2.20. The number of halogens is 5. The van der Waals surface area contributed by atoms with Crippen molar-refractivity contribution in [2.24, 2.45) is 0 Å². The number of nitrogens with zero attached hydrogens (tertiary/aromatic N) is 6. The van der Waals surface area contributed by atoms with E-state index in [4.69, 9.17) is 9.84 Å². The Morgan fingerprint density at radius 1 is 0.865 bits per heavy atom. The smallest absolute Gasteiger partial charge is 0.381 e. The molecular formula is C23H21Br2F3N6O3. The first-order valence-electron chi connectivity index (χ1n) is 10.8. The van der Waals surface area contributed by atoms with E-state index in [2.05, 4.69) is 52.5 Å². The summed E-state index contributed by atoms with van der Waals surface area (Å²) in [6, 6.07) is 14.3. The van der Waals surface area contributed by atoms with E-state index in [1.54, 1.807) is 35.1 Å². The quantitative estimate of drug-likeness (QED) is 0.302. The third kappa shape index (κ3) is 8.84. The van der Waals surface area contributed by atoms with Gasteiger partial charge in [-0.25, -0.2) is 9.36 Å². The highest BCUT2D eigenvalue weighted by Crippen LogP contribution is 2.31. The Bertz CT molecular complexity index is 1250. The number of ether oxygens (including phenoxy) is 1. The molecule has 1 unspecified atom stereocenters. The molecule has 1 N–H and O–H groups in total. The summed E-state index contributed by atoms with van der Waals surface area (Å²) in [4.78, 5) is 10.4. The molecule has 1 fully saturated rings. The first-order valence-corrected chi connectivity index (χ1v) is 12.4. The average Bonchev–Trinajstić information content (AvgIpc) is 3.68. The second-order valence-corrected chi connectivity index (χ2v) is 9.34. The summed E-state index contributed by atoms with van der Waals surface area (Å²) in [5.74, 6) is 0. The summed E-state index contributed by atoms with van der Waals surface area (Å²) in [5.41, 5.74) is 1.21. The van der Waals surface area contributed by atoms with Gasteiger partial charge in [0.15, 0.2) is 12.4 Å². The maximum absolute atomic E-state index is 12.3. The summed E-state index contributed by atoms with van der Waals surface area (Å²) in [6.45, 7) is 2.00. The minimum absolute atomic E-state index is 0.327. The Kier molecular flexibility index (Phi) is 10.5. The number of aliphatic hydroxyl groups excluding tert-OH is 1. The zero-order valence-corrected chi connectivity index (χ0v) is 22.3. The number of hydrogen-bond acceptors (Lipinski definition) is 7. The fourth-order valence-electron chi connectivity index (χ4n) is 2.85. The Labute approximate surface area is 226 Å². The Morgan fingerprint density at radius 3 is 1.76 bits per heavy atom. The Balaban J connectivity index is 0.000000176. The third-order valence-electron chi connectivity index (χ3n) is 4.74. The molecule has 0 aliphatic carbocycles. The molecule has 0 spiro atoms. The Hall–Kier alpha value is -2.94. The highest BCUT2D eigenvalue weighted by atomic mass is 79.9. The normalized spacial score (nSPS) is 13.7. The summed E-state index contributed by atoms with van der Waals surface area (Å²) in [6.07, 6.45) is -1.53. The molecule has 1 aliphatic rings. The standard InChI is InChI=1S/C10H7BrF3N3O.C9H6BrN3O.C4H8O/c11-6-1-3-7(4-2-6)17-5-8(15-16-17)9(18)10(12,13)14;10-7-1-3-9(4-2-7)13-5-8(6-14)11-12-13;1-2-4-5-3-1/h1-5,9,18H;1-6H;1-4H2. The van der Waals surface area contributed by atoms with Crippen molar-refractivity contribution in [1.29, 1.82) is 0 Å². The van der Waals surface area contributed by atoms with Crippen molar-refractivity contribution in [2.45, 2.75) is 25.1 Å². The fraction of sp³-hybridized carbons (Fsp3) is 0.261. The zero-order valence-electron chi connectivity index (χ0n) is 19.1. The van der Waals surface area contributed by atoms with Crippen molar-refractivity contribution in [2.75, 3.05) is 13.2 Å². The minimum Gasteiger partial charge on any atom is -0.381 e. The number of aromatic nitrogens is 6. The number of hydrogen-bond donors (Lipinski definition) is 1. The Morgan fingerprint density at radius 2 is 1.35 bits per heavy atom. The molecule has 14 heteroatoms. The van der Waals surface area contributed by atoms with Crippen molar-refractivity contribution in [1.82, 2.24) is 30.0 Å². The second kappa shape index (κ2) is 13.6. The van der Waals surface area contributed by atoms with Crippen molar-refractivity contribution >= 4 is 38.1 Å². The monoisotopic (exact) mass is 644 g/mol. The maximum atomic E-state index is 12.3. The molecule has 37 heavy (non-hydrogen) atoms. The summed E-state index contributed by atoms with van der Waals surface area (Å²) < 4.78 is 46.3. The summed E-state index contributed by atoms with van der Waals surface area (Å²) in [5, 5.41) is 23.3. The molecule has 1 aliphatic heterocycles. The van der Waals surface area contributed by atoms with Gasteiger partial charge in [-0.2, -0.15) is 13.2 Å². The van der Waals surface area contributed by atoms with Crippen molar-refractivity contribution in [3.63, 3.8) is 0 Å². The highest BCUT2D eigenvalue weighted by molar-refractivity contribution is 9.10. The SMILES string of the molecule is C1CCOC1.O=Cc1cn(-c2ccc(Br)cc2)nn1.OC(c1cn(-c2ccc(Br)cc2)nn1)C(F)(F)F. The van der Waals surface area contributed by atoms with Crippen molar-refractivity contribution < 1.29 is 27.8 Å². The number of rotatable bonds is 4. The van der Waals surface area contributed by atoms with Gasteiger partial charge in [-0.1, -0.05) is 42.3 Å². The van der Waals surface area contributed by atoms with Crippen LogP contribution >= 0.6 is 31.9 Å². The van der Waals surface area contributed by atoms with E-state index < -0.39 is 18.0 Å². The lowest BCUT2D eigenvalue weighted by molar-refractivity contribution is -0.208. The van der Waals surface area contributed by atoms with Gasteiger partial charge in [-0.05, 0) is 61.4 Å². The number of benzene rings is 2. The highest BCUT2D eigenvalue weighted by Gasteiger charge is 2.41. The van der Waals surface area contributed by atoms with Crippen LogP contribution in [0, 0.1) is 0 Å². The molecular weight excluding hydrogens is 625 g/mol. The van der Waals surface area contributed by atoms with Crippen molar-refractivity contribution in [3.05, 3.63) is 81.3 Å². The molecule has 0 saturated carbocycles. The van der Waals surface area contributed by atoms with E-state index in [0.29, 0.717) is 17.7 Å². The van der Waals surface area contributed by atoms with E-state index in [1.165, 1.54) is 12.8 Å². The van der Waals surface area contributed by atoms with Crippen LogP contribution in [0.5, 0.6) is 0 Å². The maximum Gasteiger partial charge on any atom is 0.420 e. The number of carbonyl (C=O) groups excluding carboxylic acids is 1. The second-order valence-electron chi connectivity index (χ2n) is 7.51. The predicted octanol–water partition coefficient (Wildman–Crippen LogP) is 5.26. The third-order valence-corrected chi connectivity index (χ3v) is 5.80. The van der Waals surface area contributed by atoms with Gasteiger partial charge in [0, 0.05) is 22.2 Å². The van der Waals surface area contributed by atoms with Crippen LogP contribution in [-0.2, 0) is 4.74 Å². The zero-order chi connectivity index (χ0) is 26.8. The van der Waals surface area contributed by atoms with Crippen LogP contribution in [-0.4, -0.2) is 60.8 Å². The lowest BCUT2D eigenvalue weighted by atomic mass is 10.2. The molecule has 1 saturated heterocycles. The van der Waals surface area contributed by atoms with Gasteiger partial charge >= 0.3 is 6.18 Å². The first-order chi connectivity index (χ1) is 17.7. The first kappa shape index (κ1) is 28.6. The molecule has 3 heterocycles. The van der Waals surface area contributed by atoms with Gasteiger partial charge in [-0.3, -0.25) is 4.79 Å². The number of carbonyl (C=O) groups is 1. The summed E-state index contributed by atoms with van der Waals surface area (Å²) >= 11 is 6.57. The molecule has 2 aromatic heterocycles. The molecule has 5 rings (SSSR count). The van der Waals surface area contributed by atoms with Crippen LogP contribution < -0.4 is 0 Å². The van der Waals surface area contributed by atoms with Gasteiger partial charge in [0.05, 0.1) is 23.8 Å². The molecule has 1 atom stereocenters. The van der Waals surface area contributed by atoms with E-state index in [-0.39, 0.29) is 0 Å². The van der Waals surface area contributed by atoms with E-state index in [0.717, 1.165) is 38.7 Å². The molecule has 4 aromatic rings. The summed E-state index contributed by atoms with van der Waals surface area (Å²) in [7, 11) is 0. The van der Waals surface area contributed by atoms with Gasteiger partial charge in [0.2, 0.25) is 0 Å². The number of alkyl halides is 3. The van der Waals surface area contributed by atoms with Gasteiger partial charge in [-0.15, -0.1) is 10.2 Å². The van der Waals surface area contributed by atoms with Crippen LogP contribution in [0.1, 0.15) is 35.1 Å². The topological polar surface area (TPSA) is 108 Å². The average molecular weight is 646 g/mol. The van der Waals surface area contributed by atoms with Gasteiger partial charge < -0.3 is 9.84 Å². The number of aldehydes is 1. The van der Waals surface area contributed by atoms with E-state index >= 15 is 0 Å². The van der Waals surface area contributed by atoms with Gasteiger partial charge in [0.25, 0.3) is 0 Å². The van der Waals surface area contributed by atoms with E-state index in [1.807, 2.05) is 24.3 Å². The molecule has 9 nitrogen and oxygen atoms in total. The largest absolute Gasteiger partial charge is 0.420 e. The van der Waals surface area contributed by atoms with Crippen LogP contribution in [0.3, 0.4) is 0 Å². The molecule has 0 bridgehead atoms. The van der Waals surface area contributed by atoms with Crippen molar-refractivity contribution in [3.8, 4) is 11.4 Å².